The molecule has 0 bridgehead atoms. The van der Waals surface area contributed by atoms with Gasteiger partial charge in [-0.05, 0) is 48.2 Å². The molecule has 2 amide bonds. The van der Waals surface area contributed by atoms with Gasteiger partial charge < -0.3 is 20.1 Å². The van der Waals surface area contributed by atoms with E-state index in [-0.39, 0.29) is 11.8 Å². The van der Waals surface area contributed by atoms with Crippen molar-refractivity contribution in [1.82, 2.24) is 10.6 Å². The van der Waals surface area contributed by atoms with Gasteiger partial charge in [-0.25, -0.2) is 0 Å². The summed E-state index contributed by atoms with van der Waals surface area (Å²) in [6.45, 7) is 2.19. The Balaban J connectivity index is 1.03. The molecular formula is C38H44N2O4. The third-order valence-corrected chi connectivity index (χ3v) is 7.41. The van der Waals surface area contributed by atoms with Crippen LogP contribution in [-0.2, 0) is 13.1 Å². The van der Waals surface area contributed by atoms with Crippen molar-refractivity contribution in [2.45, 2.75) is 64.5 Å². The Labute approximate surface area is 261 Å². The molecule has 0 heterocycles. The standard InChI is InChI=1S/C38H44N2O4/c41-37(39-29-31-19-9-7-10-20-31)33-23-13-15-25-35(33)43-27-17-5-3-1-2-4-6-18-28-44-36-26-16-14-24-34(36)38(42)40-30-32-21-11-8-12-22-32/h7-16,19-26H,1-6,17-18,27-30H2,(H,39,41)(H,40,42). The normalized spacial score (nSPS) is 10.6. The molecule has 0 atom stereocenters. The lowest BCUT2D eigenvalue weighted by Gasteiger charge is -2.12. The number of ether oxygens (including phenoxy) is 2. The van der Waals surface area contributed by atoms with Crippen LogP contribution in [0, 0.1) is 0 Å². The fourth-order valence-electron chi connectivity index (χ4n) is 4.94. The van der Waals surface area contributed by atoms with Crippen LogP contribution in [0.25, 0.3) is 0 Å². The van der Waals surface area contributed by atoms with Crippen molar-refractivity contribution in [3.05, 3.63) is 131 Å². The molecule has 0 fully saturated rings. The number of unbranched alkanes of at least 4 members (excludes halogenated alkanes) is 7. The van der Waals surface area contributed by atoms with Gasteiger partial charge in [-0.1, -0.05) is 123 Å². The van der Waals surface area contributed by atoms with Crippen LogP contribution < -0.4 is 20.1 Å². The van der Waals surface area contributed by atoms with Crippen LogP contribution in [0.4, 0.5) is 0 Å². The van der Waals surface area contributed by atoms with Crippen molar-refractivity contribution in [2.75, 3.05) is 13.2 Å². The van der Waals surface area contributed by atoms with E-state index >= 15 is 0 Å². The van der Waals surface area contributed by atoms with Crippen molar-refractivity contribution in [1.29, 1.82) is 0 Å². The third-order valence-electron chi connectivity index (χ3n) is 7.41. The zero-order valence-electron chi connectivity index (χ0n) is 25.5. The predicted octanol–water partition coefficient (Wildman–Crippen LogP) is 8.13. The van der Waals surface area contributed by atoms with Gasteiger partial charge in [0.05, 0.1) is 24.3 Å². The van der Waals surface area contributed by atoms with Gasteiger partial charge in [-0.15, -0.1) is 0 Å². The molecule has 44 heavy (non-hydrogen) atoms. The second-order valence-corrected chi connectivity index (χ2v) is 10.9. The molecule has 0 spiro atoms. The molecule has 230 valence electrons. The van der Waals surface area contributed by atoms with Gasteiger partial charge in [-0.2, -0.15) is 0 Å². The summed E-state index contributed by atoms with van der Waals surface area (Å²) in [5, 5.41) is 5.96. The number of para-hydroxylation sites is 2. The zero-order valence-corrected chi connectivity index (χ0v) is 25.5. The Hall–Kier alpha value is -4.58. The maximum Gasteiger partial charge on any atom is 0.255 e. The van der Waals surface area contributed by atoms with Gasteiger partial charge in [-0.3, -0.25) is 9.59 Å². The molecule has 0 aromatic heterocycles. The monoisotopic (exact) mass is 592 g/mol. The van der Waals surface area contributed by atoms with Crippen molar-refractivity contribution in [3.63, 3.8) is 0 Å². The molecule has 0 aliphatic heterocycles. The van der Waals surface area contributed by atoms with Gasteiger partial charge in [0.1, 0.15) is 11.5 Å². The number of hydrogen-bond donors (Lipinski definition) is 2. The van der Waals surface area contributed by atoms with E-state index in [2.05, 4.69) is 10.6 Å². The number of nitrogens with one attached hydrogen (secondary N) is 2. The van der Waals surface area contributed by atoms with Crippen LogP contribution in [-0.4, -0.2) is 25.0 Å². The van der Waals surface area contributed by atoms with Gasteiger partial charge >= 0.3 is 0 Å². The molecule has 4 aromatic rings. The van der Waals surface area contributed by atoms with Gasteiger partial charge in [0, 0.05) is 13.1 Å². The van der Waals surface area contributed by atoms with Crippen molar-refractivity contribution < 1.29 is 19.1 Å². The molecule has 0 saturated carbocycles. The summed E-state index contributed by atoms with van der Waals surface area (Å²) in [5.41, 5.74) is 3.27. The largest absolute Gasteiger partial charge is 0.493 e. The van der Waals surface area contributed by atoms with Crippen LogP contribution in [0.15, 0.2) is 109 Å². The molecular weight excluding hydrogens is 548 g/mol. The van der Waals surface area contributed by atoms with E-state index in [0.29, 0.717) is 48.9 Å². The van der Waals surface area contributed by atoms with Crippen LogP contribution >= 0.6 is 0 Å². The number of rotatable bonds is 19. The molecule has 0 saturated heterocycles. The van der Waals surface area contributed by atoms with Crippen molar-refractivity contribution >= 4 is 11.8 Å². The van der Waals surface area contributed by atoms with Crippen LogP contribution in [0.5, 0.6) is 11.5 Å². The molecule has 4 aromatic carbocycles. The Morgan fingerprint density at radius 2 is 0.773 bits per heavy atom. The van der Waals surface area contributed by atoms with Crippen LogP contribution in [0.3, 0.4) is 0 Å². The maximum absolute atomic E-state index is 12.7. The van der Waals surface area contributed by atoms with E-state index in [1.54, 1.807) is 0 Å². The fraction of sp³-hybridized carbons (Fsp3) is 0.316. The quantitative estimate of drug-likeness (QED) is 0.108. The average Bonchev–Trinajstić information content (AvgIpc) is 3.08. The first kappa shape index (κ1) is 32.3. The highest BCUT2D eigenvalue weighted by Gasteiger charge is 2.13. The summed E-state index contributed by atoms with van der Waals surface area (Å²) in [7, 11) is 0. The Morgan fingerprint density at radius 3 is 1.18 bits per heavy atom. The fourth-order valence-corrected chi connectivity index (χ4v) is 4.94. The lowest BCUT2D eigenvalue weighted by Crippen LogP contribution is -2.23. The van der Waals surface area contributed by atoms with E-state index in [9.17, 15) is 9.59 Å². The lowest BCUT2D eigenvalue weighted by atomic mass is 10.1. The molecule has 6 nitrogen and oxygen atoms in total. The number of hydrogen-bond acceptors (Lipinski definition) is 4. The highest BCUT2D eigenvalue weighted by atomic mass is 16.5. The first-order chi connectivity index (χ1) is 21.7. The first-order valence-electron chi connectivity index (χ1n) is 15.8. The molecule has 0 aliphatic carbocycles. The smallest absolute Gasteiger partial charge is 0.255 e. The van der Waals surface area contributed by atoms with E-state index in [4.69, 9.17) is 9.47 Å². The minimum atomic E-state index is -0.122. The summed E-state index contributed by atoms with van der Waals surface area (Å²) in [5.74, 6) is 1.03. The molecule has 4 rings (SSSR count). The topological polar surface area (TPSA) is 76.7 Å². The van der Waals surface area contributed by atoms with E-state index < -0.39 is 0 Å². The highest BCUT2D eigenvalue weighted by Crippen LogP contribution is 2.20. The summed E-state index contributed by atoms with van der Waals surface area (Å²) >= 11 is 0. The average molecular weight is 593 g/mol. The van der Waals surface area contributed by atoms with E-state index in [0.717, 1.165) is 36.8 Å². The van der Waals surface area contributed by atoms with Crippen molar-refractivity contribution in [2.24, 2.45) is 0 Å². The maximum atomic E-state index is 12.7. The SMILES string of the molecule is O=C(NCc1ccccc1)c1ccccc1OCCCCCCCCCCOc1ccccc1C(=O)NCc1ccccc1. The molecule has 0 unspecified atom stereocenters. The van der Waals surface area contributed by atoms with Crippen LogP contribution in [0.2, 0.25) is 0 Å². The Kier molecular flexibility index (Phi) is 13.9. The highest BCUT2D eigenvalue weighted by molar-refractivity contribution is 5.97. The second-order valence-electron chi connectivity index (χ2n) is 10.9. The minimum Gasteiger partial charge on any atom is -0.493 e. The van der Waals surface area contributed by atoms with Gasteiger partial charge in [0.25, 0.3) is 11.8 Å². The summed E-state index contributed by atoms with van der Waals surface area (Å²) < 4.78 is 12.0. The first-order valence-corrected chi connectivity index (χ1v) is 15.8. The molecule has 0 aliphatic rings. The minimum absolute atomic E-state index is 0.122. The molecule has 2 N–H and O–H groups in total. The van der Waals surface area contributed by atoms with Crippen molar-refractivity contribution in [3.8, 4) is 11.5 Å². The number of amides is 2. The van der Waals surface area contributed by atoms with E-state index in [1.165, 1.54) is 25.7 Å². The summed E-state index contributed by atoms with van der Waals surface area (Å²) in [6, 6.07) is 34.6. The number of benzene rings is 4. The second kappa shape index (κ2) is 18.9. The van der Waals surface area contributed by atoms with Crippen LogP contribution in [0.1, 0.15) is 83.2 Å². The summed E-state index contributed by atoms with van der Waals surface area (Å²) in [4.78, 5) is 25.4. The zero-order chi connectivity index (χ0) is 30.7. The van der Waals surface area contributed by atoms with Gasteiger partial charge in [0.15, 0.2) is 0 Å². The predicted molar refractivity (Wildman–Crippen MR) is 176 cm³/mol. The Morgan fingerprint density at radius 1 is 0.432 bits per heavy atom. The number of carbonyl (C=O) groups is 2. The summed E-state index contributed by atoms with van der Waals surface area (Å²) in [6.07, 6.45) is 8.88. The lowest BCUT2D eigenvalue weighted by molar-refractivity contribution is 0.0938. The van der Waals surface area contributed by atoms with E-state index in [1.807, 2.05) is 109 Å². The third kappa shape index (κ3) is 11.3. The molecule has 6 heteroatoms. The van der Waals surface area contributed by atoms with Gasteiger partial charge in [0.2, 0.25) is 0 Å². The molecule has 0 radical (unpaired) electrons. The Bertz CT molecular complexity index is 1300. The number of carbonyl (C=O) groups excluding carboxylic acids is 2.